The summed E-state index contributed by atoms with van der Waals surface area (Å²) in [6.45, 7) is 8.86. The normalized spacial score (nSPS) is 12.2. The number of rotatable bonds is 8. The molecule has 0 aliphatic rings. The molecular weight excluding hydrogens is 318 g/mol. The minimum Gasteiger partial charge on any atom is -0.491 e. The molecule has 0 spiro atoms. The molecule has 1 unspecified atom stereocenters. The third-order valence-corrected chi connectivity index (χ3v) is 3.85. The molecule has 2 rings (SSSR count). The quantitative estimate of drug-likeness (QED) is 0.771. The molecule has 0 saturated carbocycles. The highest BCUT2D eigenvalue weighted by Crippen LogP contribution is 2.15. The molecule has 0 fully saturated rings. The number of aliphatic hydroxyl groups is 1. The molecule has 1 aromatic carbocycles. The number of benzene rings is 1. The molecule has 2 aromatic rings. The Hall–Kier alpha value is -2.34. The SMILES string of the molecule is CCn1nc(C(C)C)cc1C(=O)NCC(O)COc1cccc(C)c1. The number of hydrogen-bond acceptors (Lipinski definition) is 4. The third kappa shape index (κ3) is 5.32. The molecule has 0 saturated heterocycles. The molecule has 1 atom stereocenters. The maximum Gasteiger partial charge on any atom is 0.269 e. The summed E-state index contributed by atoms with van der Waals surface area (Å²) in [4.78, 5) is 12.4. The highest BCUT2D eigenvalue weighted by molar-refractivity contribution is 5.92. The highest BCUT2D eigenvalue weighted by atomic mass is 16.5. The average molecular weight is 345 g/mol. The zero-order valence-electron chi connectivity index (χ0n) is 15.3. The van der Waals surface area contributed by atoms with E-state index in [1.807, 2.05) is 52.0 Å². The molecule has 2 N–H and O–H groups in total. The Morgan fingerprint density at radius 2 is 2.12 bits per heavy atom. The van der Waals surface area contributed by atoms with Gasteiger partial charge in [0.05, 0.1) is 5.69 Å². The summed E-state index contributed by atoms with van der Waals surface area (Å²) in [6.07, 6.45) is -0.785. The van der Waals surface area contributed by atoms with Gasteiger partial charge in [0.25, 0.3) is 5.91 Å². The van der Waals surface area contributed by atoms with E-state index in [1.165, 1.54) is 0 Å². The van der Waals surface area contributed by atoms with Crippen molar-refractivity contribution in [1.29, 1.82) is 0 Å². The average Bonchev–Trinajstić information content (AvgIpc) is 3.02. The molecule has 1 aromatic heterocycles. The zero-order chi connectivity index (χ0) is 18.4. The summed E-state index contributed by atoms with van der Waals surface area (Å²) in [5.41, 5.74) is 2.49. The molecule has 1 amide bonds. The van der Waals surface area contributed by atoms with E-state index in [-0.39, 0.29) is 25.0 Å². The number of aryl methyl sites for hydroxylation is 2. The first-order valence-electron chi connectivity index (χ1n) is 8.64. The Balaban J connectivity index is 1.86. The van der Waals surface area contributed by atoms with Crippen molar-refractivity contribution in [3.8, 4) is 5.75 Å². The summed E-state index contributed by atoms with van der Waals surface area (Å²) >= 11 is 0. The topological polar surface area (TPSA) is 76.4 Å². The van der Waals surface area contributed by atoms with E-state index in [0.29, 0.717) is 18.0 Å². The highest BCUT2D eigenvalue weighted by Gasteiger charge is 2.17. The first kappa shape index (κ1) is 19.0. The van der Waals surface area contributed by atoms with E-state index >= 15 is 0 Å². The summed E-state index contributed by atoms with van der Waals surface area (Å²) in [7, 11) is 0. The summed E-state index contributed by atoms with van der Waals surface area (Å²) < 4.78 is 7.23. The van der Waals surface area contributed by atoms with E-state index in [9.17, 15) is 9.90 Å². The lowest BCUT2D eigenvalue weighted by atomic mass is 10.1. The Morgan fingerprint density at radius 1 is 1.36 bits per heavy atom. The van der Waals surface area contributed by atoms with Crippen molar-refractivity contribution in [3.05, 3.63) is 47.3 Å². The van der Waals surface area contributed by atoms with Gasteiger partial charge in [0.2, 0.25) is 0 Å². The van der Waals surface area contributed by atoms with Crippen LogP contribution in [0.1, 0.15) is 48.4 Å². The van der Waals surface area contributed by atoms with Crippen LogP contribution in [0.2, 0.25) is 0 Å². The number of carbonyl (C=O) groups excluding carboxylic acids is 1. The summed E-state index contributed by atoms with van der Waals surface area (Å²) in [5.74, 6) is 0.722. The smallest absolute Gasteiger partial charge is 0.269 e. The Labute approximate surface area is 148 Å². The van der Waals surface area contributed by atoms with E-state index in [1.54, 1.807) is 10.7 Å². The summed E-state index contributed by atoms with van der Waals surface area (Å²) in [5, 5.41) is 17.2. The van der Waals surface area contributed by atoms with Crippen molar-refractivity contribution in [2.75, 3.05) is 13.2 Å². The molecule has 0 aliphatic carbocycles. The van der Waals surface area contributed by atoms with Crippen LogP contribution in [0.15, 0.2) is 30.3 Å². The molecule has 1 heterocycles. The van der Waals surface area contributed by atoms with Crippen LogP contribution in [-0.4, -0.2) is 40.0 Å². The molecule has 25 heavy (non-hydrogen) atoms. The number of nitrogens with zero attached hydrogens (tertiary/aromatic N) is 2. The lowest BCUT2D eigenvalue weighted by molar-refractivity contribution is 0.0835. The minimum absolute atomic E-state index is 0.119. The van der Waals surface area contributed by atoms with Crippen LogP contribution >= 0.6 is 0 Å². The van der Waals surface area contributed by atoms with Crippen LogP contribution in [0.25, 0.3) is 0 Å². The molecule has 0 bridgehead atoms. The van der Waals surface area contributed by atoms with Crippen LogP contribution in [-0.2, 0) is 6.54 Å². The second-order valence-electron chi connectivity index (χ2n) is 6.42. The van der Waals surface area contributed by atoms with Crippen LogP contribution in [0.4, 0.5) is 0 Å². The molecule has 0 aliphatic heterocycles. The van der Waals surface area contributed by atoms with Crippen LogP contribution < -0.4 is 10.1 Å². The standard InChI is InChI=1S/C19H27N3O3/c1-5-22-18(10-17(21-22)13(2)3)19(24)20-11-15(23)12-25-16-8-6-7-14(4)9-16/h6-10,13,15,23H,5,11-12H2,1-4H3,(H,20,24). The van der Waals surface area contributed by atoms with E-state index in [4.69, 9.17) is 4.74 Å². The fraction of sp³-hybridized carbons (Fsp3) is 0.474. The molecule has 0 radical (unpaired) electrons. The second-order valence-corrected chi connectivity index (χ2v) is 6.42. The second kappa shape index (κ2) is 8.67. The van der Waals surface area contributed by atoms with Gasteiger partial charge in [-0.2, -0.15) is 5.10 Å². The van der Waals surface area contributed by atoms with Crippen molar-refractivity contribution < 1.29 is 14.6 Å². The van der Waals surface area contributed by atoms with Gasteiger partial charge in [-0.1, -0.05) is 26.0 Å². The summed E-state index contributed by atoms with van der Waals surface area (Å²) in [6, 6.07) is 9.42. The van der Waals surface area contributed by atoms with Crippen molar-refractivity contribution in [3.63, 3.8) is 0 Å². The Bertz CT molecular complexity index is 710. The minimum atomic E-state index is -0.785. The number of aromatic nitrogens is 2. The lowest BCUT2D eigenvalue weighted by Gasteiger charge is -2.14. The Kier molecular flexibility index (Phi) is 6.58. The van der Waals surface area contributed by atoms with E-state index in [0.717, 1.165) is 11.3 Å². The fourth-order valence-electron chi connectivity index (χ4n) is 2.40. The number of aliphatic hydroxyl groups excluding tert-OH is 1. The van der Waals surface area contributed by atoms with Crippen LogP contribution in [0.3, 0.4) is 0 Å². The van der Waals surface area contributed by atoms with E-state index < -0.39 is 6.10 Å². The molecule has 136 valence electrons. The molecule has 6 heteroatoms. The first-order valence-corrected chi connectivity index (χ1v) is 8.64. The number of amides is 1. The number of ether oxygens (including phenoxy) is 1. The molecule has 6 nitrogen and oxygen atoms in total. The van der Waals surface area contributed by atoms with Gasteiger partial charge in [0, 0.05) is 13.1 Å². The predicted molar refractivity (Wildman–Crippen MR) is 97.0 cm³/mol. The van der Waals surface area contributed by atoms with Crippen molar-refractivity contribution in [1.82, 2.24) is 15.1 Å². The van der Waals surface area contributed by atoms with Gasteiger partial charge in [0.1, 0.15) is 24.2 Å². The maximum atomic E-state index is 12.4. The van der Waals surface area contributed by atoms with E-state index in [2.05, 4.69) is 10.4 Å². The number of hydrogen-bond donors (Lipinski definition) is 2. The number of nitrogens with one attached hydrogen (secondary N) is 1. The van der Waals surface area contributed by atoms with Crippen molar-refractivity contribution in [2.24, 2.45) is 0 Å². The van der Waals surface area contributed by atoms with Gasteiger partial charge in [-0.15, -0.1) is 0 Å². The van der Waals surface area contributed by atoms with Crippen molar-refractivity contribution >= 4 is 5.91 Å². The predicted octanol–water partition coefficient (Wildman–Crippen LogP) is 2.50. The van der Waals surface area contributed by atoms with Gasteiger partial charge in [0.15, 0.2) is 0 Å². The monoisotopic (exact) mass is 345 g/mol. The fourth-order valence-corrected chi connectivity index (χ4v) is 2.40. The van der Waals surface area contributed by atoms with Gasteiger partial charge in [-0.25, -0.2) is 0 Å². The lowest BCUT2D eigenvalue weighted by Crippen LogP contribution is -2.36. The largest absolute Gasteiger partial charge is 0.491 e. The molecular formula is C19H27N3O3. The van der Waals surface area contributed by atoms with Gasteiger partial charge in [-0.3, -0.25) is 9.48 Å². The van der Waals surface area contributed by atoms with Gasteiger partial charge >= 0.3 is 0 Å². The van der Waals surface area contributed by atoms with Crippen molar-refractivity contribution in [2.45, 2.75) is 46.3 Å². The number of carbonyl (C=O) groups is 1. The Morgan fingerprint density at radius 3 is 2.76 bits per heavy atom. The zero-order valence-corrected chi connectivity index (χ0v) is 15.3. The third-order valence-electron chi connectivity index (χ3n) is 3.85. The maximum absolute atomic E-state index is 12.4. The van der Waals surface area contributed by atoms with Crippen LogP contribution in [0, 0.1) is 6.92 Å². The van der Waals surface area contributed by atoms with Gasteiger partial charge in [-0.05, 0) is 43.5 Å². The van der Waals surface area contributed by atoms with Gasteiger partial charge < -0.3 is 15.2 Å². The first-order chi connectivity index (χ1) is 11.9. The van der Waals surface area contributed by atoms with Crippen LogP contribution in [0.5, 0.6) is 5.75 Å².